The van der Waals surface area contributed by atoms with Crippen LogP contribution in [0, 0.1) is 11.8 Å². The predicted molar refractivity (Wildman–Crippen MR) is 119 cm³/mol. The molecular weight excluding hydrogens is 455 g/mol. The van der Waals surface area contributed by atoms with Crippen molar-refractivity contribution in [3.8, 4) is 0 Å². The highest BCUT2D eigenvalue weighted by atomic mass is 127. The summed E-state index contributed by atoms with van der Waals surface area (Å²) in [5.74, 6) is 3.74. The van der Waals surface area contributed by atoms with Gasteiger partial charge in [-0.05, 0) is 44.4 Å². The number of nitrogens with zero attached hydrogens (tertiary/aromatic N) is 4. The van der Waals surface area contributed by atoms with E-state index in [9.17, 15) is 0 Å². The van der Waals surface area contributed by atoms with Crippen LogP contribution in [0.15, 0.2) is 11.3 Å². The minimum absolute atomic E-state index is 0. The van der Waals surface area contributed by atoms with Crippen LogP contribution in [0.1, 0.15) is 51.8 Å². The van der Waals surface area contributed by atoms with Gasteiger partial charge in [-0.15, -0.1) is 34.2 Å². The quantitative estimate of drug-likeness (QED) is 0.228. The Bertz CT molecular complexity index is 578. The van der Waals surface area contributed by atoms with Crippen LogP contribution in [0.5, 0.6) is 0 Å². The van der Waals surface area contributed by atoms with E-state index in [1.54, 1.807) is 0 Å². The second-order valence-corrected chi connectivity index (χ2v) is 7.43. The molecule has 0 radical (unpaired) electrons. The van der Waals surface area contributed by atoms with Gasteiger partial charge in [-0.3, -0.25) is 4.99 Å². The summed E-state index contributed by atoms with van der Waals surface area (Å²) in [7, 11) is 0. The zero-order valence-electron chi connectivity index (χ0n) is 16.7. The van der Waals surface area contributed by atoms with Crippen molar-refractivity contribution in [2.45, 2.75) is 65.0 Å². The Morgan fingerprint density at radius 3 is 2.93 bits per heavy atom. The maximum absolute atomic E-state index is 5.42. The summed E-state index contributed by atoms with van der Waals surface area (Å²) in [6.45, 7) is 8.16. The third-order valence-corrected chi connectivity index (χ3v) is 5.64. The molecule has 2 saturated carbocycles. The zero-order valence-corrected chi connectivity index (χ0v) is 19.0. The van der Waals surface area contributed by atoms with Crippen LogP contribution in [0.4, 0.5) is 0 Å². The Labute approximate surface area is 180 Å². The number of aryl methyl sites for hydroxylation is 1. The molecule has 2 aliphatic rings. The van der Waals surface area contributed by atoms with Crippen LogP contribution < -0.4 is 10.6 Å². The molecule has 3 unspecified atom stereocenters. The van der Waals surface area contributed by atoms with Crippen molar-refractivity contribution >= 4 is 29.9 Å². The first-order chi connectivity index (χ1) is 12.8. The average molecular weight is 490 g/mol. The van der Waals surface area contributed by atoms with E-state index < -0.39 is 0 Å². The fourth-order valence-electron chi connectivity index (χ4n) is 4.29. The summed E-state index contributed by atoms with van der Waals surface area (Å²) in [5.41, 5.74) is 0. The topological polar surface area (TPSA) is 76.4 Å². The fraction of sp³-hybridized carbons (Fsp3) is 0.842. The van der Waals surface area contributed by atoms with Gasteiger partial charge in [0.1, 0.15) is 12.2 Å². The van der Waals surface area contributed by atoms with E-state index in [1.165, 1.54) is 25.7 Å². The molecule has 0 aromatic carbocycles. The van der Waals surface area contributed by atoms with Gasteiger partial charge >= 0.3 is 0 Å². The average Bonchev–Trinajstić information content (AvgIpc) is 3.38. The fourth-order valence-corrected chi connectivity index (χ4v) is 4.29. The van der Waals surface area contributed by atoms with E-state index in [-0.39, 0.29) is 24.0 Å². The van der Waals surface area contributed by atoms with Gasteiger partial charge in [-0.2, -0.15) is 0 Å². The molecule has 2 bridgehead atoms. The molecule has 1 aromatic rings. The number of guanidine groups is 1. The Kier molecular flexibility index (Phi) is 9.81. The van der Waals surface area contributed by atoms with Crippen molar-refractivity contribution in [3.63, 3.8) is 0 Å². The normalized spacial score (nSPS) is 24.1. The number of hydrogen-bond donors (Lipinski definition) is 2. The number of rotatable bonds is 10. The molecule has 27 heavy (non-hydrogen) atoms. The highest BCUT2D eigenvalue weighted by Crippen LogP contribution is 2.44. The van der Waals surface area contributed by atoms with Crippen molar-refractivity contribution in [2.24, 2.45) is 16.8 Å². The minimum Gasteiger partial charge on any atom is -0.382 e. The summed E-state index contributed by atoms with van der Waals surface area (Å²) in [6, 6.07) is 0.591. The van der Waals surface area contributed by atoms with E-state index >= 15 is 0 Å². The van der Waals surface area contributed by atoms with Crippen LogP contribution in [0.3, 0.4) is 0 Å². The molecule has 8 heteroatoms. The zero-order chi connectivity index (χ0) is 18.2. The lowest BCUT2D eigenvalue weighted by molar-refractivity contribution is 0.146. The highest BCUT2D eigenvalue weighted by Gasteiger charge is 2.39. The number of aromatic nitrogens is 3. The SMILES string of the molecule is CCOCCCN=C(NCCn1cnnc1CC)NC1CC2CCC1C2.I. The summed E-state index contributed by atoms with van der Waals surface area (Å²) in [4.78, 5) is 4.78. The summed E-state index contributed by atoms with van der Waals surface area (Å²) in [6.07, 6.45) is 9.17. The molecule has 0 saturated heterocycles. The number of aliphatic imine (C=N–C) groups is 1. The number of nitrogens with one attached hydrogen (secondary N) is 2. The Balaban J connectivity index is 0.00000261. The molecule has 2 N–H and O–H groups in total. The van der Waals surface area contributed by atoms with Crippen LogP contribution in [0.2, 0.25) is 0 Å². The minimum atomic E-state index is 0. The third-order valence-electron chi connectivity index (χ3n) is 5.64. The summed E-state index contributed by atoms with van der Waals surface area (Å²) in [5, 5.41) is 15.4. The molecule has 3 atom stereocenters. The summed E-state index contributed by atoms with van der Waals surface area (Å²) >= 11 is 0. The number of halogens is 1. The first-order valence-corrected chi connectivity index (χ1v) is 10.3. The molecular formula is C19H35IN6O. The van der Waals surface area contributed by atoms with Gasteiger partial charge in [0.05, 0.1) is 0 Å². The molecule has 1 heterocycles. The molecule has 1 aromatic heterocycles. The van der Waals surface area contributed by atoms with Crippen LogP contribution in [-0.4, -0.2) is 53.1 Å². The van der Waals surface area contributed by atoms with E-state index in [0.29, 0.717) is 6.04 Å². The molecule has 154 valence electrons. The lowest BCUT2D eigenvalue weighted by Gasteiger charge is -2.25. The van der Waals surface area contributed by atoms with Crippen molar-refractivity contribution in [1.29, 1.82) is 0 Å². The Morgan fingerprint density at radius 1 is 1.33 bits per heavy atom. The van der Waals surface area contributed by atoms with Gasteiger partial charge in [0, 0.05) is 45.3 Å². The van der Waals surface area contributed by atoms with Crippen molar-refractivity contribution in [2.75, 3.05) is 26.3 Å². The largest absolute Gasteiger partial charge is 0.382 e. The van der Waals surface area contributed by atoms with Gasteiger partial charge in [-0.1, -0.05) is 13.3 Å². The van der Waals surface area contributed by atoms with Gasteiger partial charge in [0.15, 0.2) is 5.96 Å². The molecule has 2 aliphatic carbocycles. The van der Waals surface area contributed by atoms with Crippen LogP contribution in [-0.2, 0) is 17.7 Å². The maximum atomic E-state index is 5.42. The smallest absolute Gasteiger partial charge is 0.191 e. The van der Waals surface area contributed by atoms with Gasteiger partial charge in [0.25, 0.3) is 0 Å². The van der Waals surface area contributed by atoms with Crippen molar-refractivity contribution in [1.82, 2.24) is 25.4 Å². The van der Waals surface area contributed by atoms with E-state index in [4.69, 9.17) is 9.73 Å². The van der Waals surface area contributed by atoms with E-state index in [2.05, 4.69) is 32.3 Å². The van der Waals surface area contributed by atoms with E-state index in [0.717, 1.165) is 69.3 Å². The Morgan fingerprint density at radius 2 is 2.22 bits per heavy atom. The number of hydrogen-bond acceptors (Lipinski definition) is 4. The number of fused-ring (bicyclic) bond motifs is 2. The lowest BCUT2D eigenvalue weighted by atomic mass is 9.95. The van der Waals surface area contributed by atoms with Gasteiger partial charge in [0.2, 0.25) is 0 Å². The molecule has 0 aliphatic heterocycles. The molecule has 3 rings (SSSR count). The van der Waals surface area contributed by atoms with Gasteiger partial charge < -0.3 is 19.9 Å². The molecule has 0 spiro atoms. The summed E-state index contributed by atoms with van der Waals surface area (Å²) < 4.78 is 7.53. The Hall–Kier alpha value is -0.900. The lowest BCUT2D eigenvalue weighted by Crippen LogP contribution is -2.46. The molecule has 2 fully saturated rings. The maximum Gasteiger partial charge on any atom is 0.191 e. The molecule has 7 nitrogen and oxygen atoms in total. The second kappa shape index (κ2) is 11.8. The van der Waals surface area contributed by atoms with Gasteiger partial charge in [-0.25, -0.2) is 0 Å². The van der Waals surface area contributed by atoms with Crippen LogP contribution >= 0.6 is 24.0 Å². The van der Waals surface area contributed by atoms with Crippen molar-refractivity contribution < 1.29 is 4.74 Å². The highest BCUT2D eigenvalue weighted by molar-refractivity contribution is 14.0. The molecule has 0 amide bonds. The monoisotopic (exact) mass is 490 g/mol. The van der Waals surface area contributed by atoms with Crippen LogP contribution in [0.25, 0.3) is 0 Å². The standard InChI is InChI=1S/C19H34N6O.HI/c1-3-18-24-22-14-25(18)10-9-21-19(20-8-5-11-26-4-2)23-17-13-15-6-7-16(17)12-15;/h14-17H,3-13H2,1-2H3,(H2,20,21,23);1H. The number of ether oxygens (including phenoxy) is 1. The van der Waals surface area contributed by atoms with E-state index in [1.807, 2.05) is 13.3 Å². The first-order valence-electron chi connectivity index (χ1n) is 10.3. The third kappa shape index (κ3) is 6.58. The van der Waals surface area contributed by atoms with Crippen molar-refractivity contribution in [3.05, 3.63) is 12.2 Å². The first kappa shape index (κ1) is 22.4. The second-order valence-electron chi connectivity index (χ2n) is 7.43. The predicted octanol–water partition coefficient (Wildman–Crippen LogP) is 2.61.